The molecular weight excluding hydrogens is 186 g/mol. The Morgan fingerprint density at radius 2 is 2.23 bits per heavy atom. The highest BCUT2D eigenvalue weighted by Crippen LogP contribution is 2.42. The fourth-order valence-corrected chi connectivity index (χ4v) is 1.59. The van der Waals surface area contributed by atoms with Crippen molar-refractivity contribution in [2.45, 2.75) is 44.4 Å². The van der Waals surface area contributed by atoms with Crippen LogP contribution in [0.25, 0.3) is 0 Å². The summed E-state index contributed by atoms with van der Waals surface area (Å²) >= 11 is 5.79. The number of hydrogen-bond donors (Lipinski definition) is 0. The molecule has 1 aromatic heterocycles. The fourth-order valence-electron chi connectivity index (χ4n) is 1.40. The van der Waals surface area contributed by atoms with Crippen LogP contribution in [0.2, 0.25) is 0 Å². The molecule has 0 aliphatic heterocycles. The van der Waals surface area contributed by atoms with Gasteiger partial charge in [0.15, 0.2) is 5.89 Å². The first-order valence-corrected chi connectivity index (χ1v) is 5.31. The minimum absolute atomic E-state index is 0.356. The van der Waals surface area contributed by atoms with E-state index in [0.717, 1.165) is 17.3 Å². The van der Waals surface area contributed by atoms with Gasteiger partial charge in [0, 0.05) is 11.8 Å². The quantitative estimate of drug-likeness (QED) is 0.698. The smallest absolute Gasteiger partial charge is 0.197 e. The van der Waals surface area contributed by atoms with Crippen LogP contribution in [-0.4, -0.2) is 4.98 Å². The van der Waals surface area contributed by atoms with Gasteiger partial charge in [-0.05, 0) is 12.8 Å². The Hall–Kier alpha value is -0.500. The highest BCUT2D eigenvalue weighted by Gasteiger charge is 2.30. The molecule has 0 spiro atoms. The fraction of sp³-hybridized carbons (Fsp3) is 0.700. The first-order chi connectivity index (χ1) is 6.22. The van der Waals surface area contributed by atoms with Crippen LogP contribution in [0, 0.1) is 0 Å². The predicted octanol–water partition coefficient (Wildman–Crippen LogP) is 3.41. The van der Waals surface area contributed by atoms with Gasteiger partial charge in [-0.3, -0.25) is 0 Å². The zero-order valence-corrected chi connectivity index (χ0v) is 8.77. The molecule has 1 aromatic rings. The molecular formula is C10H14ClNO. The number of rotatable bonds is 3. The number of nitrogens with zero attached hydrogens (tertiary/aromatic N) is 1. The third kappa shape index (κ3) is 1.73. The molecule has 2 nitrogen and oxygen atoms in total. The van der Waals surface area contributed by atoms with E-state index in [1.807, 2.05) is 0 Å². The Morgan fingerprint density at radius 3 is 2.69 bits per heavy atom. The van der Waals surface area contributed by atoms with E-state index in [-0.39, 0.29) is 0 Å². The highest BCUT2D eigenvalue weighted by molar-refractivity contribution is 6.16. The summed E-state index contributed by atoms with van der Waals surface area (Å²) in [5, 5.41) is 0. The van der Waals surface area contributed by atoms with Gasteiger partial charge in [-0.15, -0.1) is 11.6 Å². The van der Waals surface area contributed by atoms with E-state index in [0.29, 0.717) is 17.7 Å². The number of alkyl halides is 1. The molecule has 0 aromatic carbocycles. The van der Waals surface area contributed by atoms with E-state index in [1.165, 1.54) is 12.8 Å². The molecule has 0 radical (unpaired) electrons. The van der Waals surface area contributed by atoms with Crippen molar-refractivity contribution >= 4 is 11.6 Å². The van der Waals surface area contributed by atoms with Crippen molar-refractivity contribution in [2.24, 2.45) is 0 Å². The monoisotopic (exact) mass is 199 g/mol. The number of halogens is 1. The van der Waals surface area contributed by atoms with Crippen LogP contribution < -0.4 is 0 Å². The van der Waals surface area contributed by atoms with Gasteiger partial charge in [-0.2, -0.15) is 0 Å². The molecule has 72 valence electrons. The molecule has 1 aliphatic rings. The third-order valence-corrected chi connectivity index (χ3v) is 2.57. The van der Waals surface area contributed by atoms with Crippen LogP contribution in [0.15, 0.2) is 4.42 Å². The van der Waals surface area contributed by atoms with Gasteiger partial charge in [0.1, 0.15) is 5.76 Å². The Bertz CT molecular complexity index is 302. The van der Waals surface area contributed by atoms with Gasteiger partial charge in [-0.1, -0.05) is 13.8 Å². The van der Waals surface area contributed by atoms with Crippen molar-refractivity contribution in [1.29, 1.82) is 0 Å². The van der Waals surface area contributed by atoms with Crippen LogP contribution in [0.1, 0.15) is 55.9 Å². The maximum atomic E-state index is 5.79. The zero-order chi connectivity index (χ0) is 9.42. The van der Waals surface area contributed by atoms with Crippen molar-refractivity contribution in [2.75, 3.05) is 0 Å². The summed E-state index contributed by atoms with van der Waals surface area (Å²) in [6.45, 7) is 4.17. The second kappa shape index (κ2) is 3.33. The number of aromatic nitrogens is 1. The molecule has 3 heteroatoms. The Morgan fingerprint density at radius 1 is 1.54 bits per heavy atom. The van der Waals surface area contributed by atoms with E-state index < -0.39 is 0 Å². The maximum Gasteiger partial charge on any atom is 0.197 e. The van der Waals surface area contributed by atoms with Gasteiger partial charge in [0.25, 0.3) is 0 Å². The summed E-state index contributed by atoms with van der Waals surface area (Å²) < 4.78 is 5.58. The van der Waals surface area contributed by atoms with Crippen molar-refractivity contribution in [3.63, 3.8) is 0 Å². The molecule has 1 saturated carbocycles. The molecule has 0 saturated heterocycles. The molecule has 1 fully saturated rings. The normalized spacial score (nSPS) is 16.9. The lowest BCUT2D eigenvalue weighted by Crippen LogP contribution is -1.88. The first kappa shape index (κ1) is 9.07. The minimum Gasteiger partial charge on any atom is -0.444 e. The Kier molecular flexibility index (Phi) is 2.33. The topological polar surface area (TPSA) is 26.0 Å². The summed E-state index contributed by atoms with van der Waals surface area (Å²) in [7, 11) is 0. The van der Waals surface area contributed by atoms with E-state index in [1.54, 1.807) is 0 Å². The maximum absolute atomic E-state index is 5.79. The molecule has 13 heavy (non-hydrogen) atoms. The second-order valence-electron chi connectivity index (χ2n) is 3.92. The molecule has 1 aliphatic carbocycles. The van der Waals surface area contributed by atoms with E-state index in [9.17, 15) is 0 Å². The lowest BCUT2D eigenvalue weighted by molar-refractivity contribution is 0.446. The molecule has 0 N–H and O–H groups in total. The van der Waals surface area contributed by atoms with Crippen molar-refractivity contribution < 1.29 is 4.42 Å². The SMILES string of the molecule is CC(C)c1nc(C2CC2)c(CCl)o1. The number of hydrogen-bond acceptors (Lipinski definition) is 2. The van der Waals surface area contributed by atoms with Crippen LogP contribution in [0.3, 0.4) is 0 Å². The Labute approximate surface area is 83.3 Å². The summed E-state index contributed by atoms with van der Waals surface area (Å²) in [4.78, 5) is 4.49. The highest BCUT2D eigenvalue weighted by atomic mass is 35.5. The molecule has 1 heterocycles. The molecule has 2 rings (SSSR count). The van der Waals surface area contributed by atoms with Gasteiger partial charge in [0.05, 0.1) is 11.6 Å². The van der Waals surface area contributed by atoms with E-state index >= 15 is 0 Å². The molecule has 0 unspecified atom stereocenters. The first-order valence-electron chi connectivity index (χ1n) is 4.77. The minimum atomic E-state index is 0.356. The summed E-state index contributed by atoms with van der Waals surface area (Å²) in [5.74, 6) is 3.15. The van der Waals surface area contributed by atoms with Gasteiger partial charge in [0.2, 0.25) is 0 Å². The van der Waals surface area contributed by atoms with Crippen LogP contribution >= 0.6 is 11.6 Å². The van der Waals surface area contributed by atoms with Gasteiger partial charge >= 0.3 is 0 Å². The predicted molar refractivity (Wildman–Crippen MR) is 52.1 cm³/mol. The standard InChI is InChI=1S/C10H14ClNO/c1-6(2)10-12-9(7-3-4-7)8(5-11)13-10/h6-7H,3-5H2,1-2H3. The third-order valence-electron chi connectivity index (χ3n) is 2.32. The lowest BCUT2D eigenvalue weighted by Gasteiger charge is -1.94. The second-order valence-corrected chi connectivity index (χ2v) is 4.19. The molecule has 0 amide bonds. The summed E-state index contributed by atoms with van der Waals surface area (Å²) in [6, 6.07) is 0. The van der Waals surface area contributed by atoms with Gasteiger partial charge < -0.3 is 4.42 Å². The van der Waals surface area contributed by atoms with E-state index in [2.05, 4.69) is 18.8 Å². The van der Waals surface area contributed by atoms with Crippen molar-refractivity contribution in [3.05, 3.63) is 17.3 Å². The van der Waals surface area contributed by atoms with E-state index in [4.69, 9.17) is 16.0 Å². The average Bonchev–Trinajstić information content (AvgIpc) is 2.84. The van der Waals surface area contributed by atoms with Crippen LogP contribution in [0.4, 0.5) is 0 Å². The Balaban J connectivity index is 2.31. The lowest BCUT2D eigenvalue weighted by atomic mass is 10.2. The van der Waals surface area contributed by atoms with Crippen molar-refractivity contribution in [1.82, 2.24) is 4.98 Å². The summed E-state index contributed by atoms with van der Waals surface area (Å²) in [5.41, 5.74) is 1.11. The summed E-state index contributed by atoms with van der Waals surface area (Å²) in [6.07, 6.45) is 2.49. The van der Waals surface area contributed by atoms with Crippen LogP contribution in [0.5, 0.6) is 0 Å². The number of oxazole rings is 1. The average molecular weight is 200 g/mol. The van der Waals surface area contributed by atoms with Gasteiger partial charge in [-0.25, -0.2) is 4.98 Å². The van der Waals surface area contributed by atoms with Crippen LogP contribution in [-0.2, 0) is 5.88 Å². The molecule has 0 bridgehead atoms. The zero-order valence-electron chi connectivity index (χ0n) is 8.01. The largest absolute Gasteiger partial charge is 0.444 e. The molecule has 0 atom stereocenters. The van der Waals surface area contributed by atoms with Crippen molar-refractivity contribution in [3.8, 4) is 0 Å².